The van der Waals surface area contributed by atoms with E-state index in [2.05, 4.69) is 43.2 Å². The van der Waals surface area contributed by atoms with E-state index < -0.39 is 0 Å². The van der Waals surface area contributed by atoms with Gasteiger partial charge in [0.2, 0.25) is 0 Å². The summed E-state index contributed by atoms with van der Waals surface area (Å²) in [5.41, 5.74) is 2.42. The molecule has 0 spiro atoms. The topological polar surface area (TPSA) is 24.9 Å². The summed E-state index contributed by atoms with van der Waals surface area (Å²) < 4.78 is 0. The normalized spacial score (nSPS) is 10.7. The molecule has 0 atom stereocenters. The summed E-state index contributed by atoms with van der Waals surface area (Å²) in [6.45, 7) is 8.63. The molecule has 0 fully saturated rings. The van der Waals surface area contributed by atoms with E-state index in [0.717, 1.165) is 29.6 Å². The molecule has 0 saturated carbocycles. The second-order valence-electron chi connectivity index (χ2n) is 4.08. The maximum absolute atomic E-state index is 4.51. The quantitative estimate of drug-likeness (QED) is 0.583. The van der Waals surface area contributed by atoms with E-state index in [9.17, 15) is 0 Å². The third kappa shape index (κ3) is 5.52. The van der Waals surface area contributed by atoms with Crippen LogP contribution in [0.3, 0.4) is 0 Å². The van der Waals surface area contributed by atoms with E-state index in [1.54, 1.807) is 0 Å². The molecule has 90 valence electrons. The molecule has 0 unspecified atom stereocenters. The van der Waals surface area contributed by atoms with Gasteiger partial charge in [0.15, 0.2) is 0 Å². The maximum Gasteiger partial charge on any atom is 0.0965 e. The van der Waals surface area contributed by atoms with Crippen molar-refractivity contribution in [3.05, 3.63) is 23.4 Å². The van der Waals surface area contributed by atoms with E-state index in [0.29, 0.717) is 0 Å². The minimum Gasteiger partial charge on any atom is -0.317 e. The molecule has 3 heteroatoms. The second kappa shape index (κ2) is 7.69. The highest BCUT2D eigenvalue weighted by Gasteiger charge is 1.98. The lowest BCUT2D eigenvalue weighted by molar-refractivity contribution is 0.664. The predicted octanol–water partition coefficient (Wildman–Crippen LogP) is 3.18. The summed E-state index contributed by atoms with van der Waals surface area (Å²) in [5.74, 6) is 1.15. The first-order chi connectivity index (χ1) is 7.72. The highest BCUT2D eigenvalue weighted by atomic mass is 32.2. The van der Waals surface area contributed by atoms with Crippen LogP contribution in [0.4, 0.5) is 0 Å². The largest absolute Gasteiger partial charge is 0.317 e. The number of aryl methyl sites for hydroxylation is 2. The second-order valence-corrected chi connectivity index (χ2v) is 5.19. The third-order valence-electron chi connectivity index (χ3n) is 2.25. The highest BCUT2D eigenvalue weighted by molar-refractivity contribution is 7.99. The molecule has 0 radical (unpaired) electrons. The van der Waals surface area contributed by atoms with Crippen LogP contribution in [0, 0.1) is 13.8 Å². The molecule has 0 aliphatic rings. The molecule has 0 aliphatic heterocycles. The van der Waals surface area contributed by atoms with Crippen molar-refractivity contribution in [3.8, 4) is 0 Å². The molecule has 16 heavy (non-hydrogen) atoms. The van der Waals surface area contributed by atoms with Crippen LogP contribution in [-0.2, 0) is 0 Å². The molecular formula is C13H22N2S. The van der Waals surface area contributed by atoms with E-state index in [-0.39, 0.29) is 0 Å². The molecule has 0 aromatic carbocycles. The molecule has 0 aliphatic carbocycles. The molecule has 1 N–H and O–H groups in total. The van der Waals surface area contributed by atoms with Crippen molar-refractivity contribution in [1.82, 2.24) is 10.3 Å². The predicted molar refractivity (Wildman–Crippen MR) is 72.2 cm³/mol. The monoisotopic (exact) mass is 238 g/mol. The third-order valence-corrected chi connectivity index (χ3v) is 3.25. The molecule has 1 aromatic heterocycles. The average molecular weight is 238 g/mol. The van der Waals surface area contributed by atoms with Crippen molar-refractivity contribution in [2.24, 2.45) is 0 Å². The van der Waals surface area contributed by atoms with E-state index in [4.69, 9.17) is 0 Å². The summed E-state index contributed by atoms with van der Waals surface area (Å²) >= 11 is 1.86. The van der Waals surface area contributed by atoms with Gasteiger partial charge in [-0.15, -0.1) is 11.8 Å². The zero-order valence-corrected chi connectivity index (χ0v) is 11.4. The van der Waals surface area contributed by atoms with Crippen LogP contribution in [0.25, 0.3) is 0 Å². The molecule has 1 heterocycles. The summed E-state index contributed by atoms with van der Waals surface area (Å²) in [4.78, 5) is 4.51. The van der Waals surface area contributed by atoms with Crippen molar-refractivity contribution in [3.63, 3.8) is 0 Å². The maximum atomic E-state index is 4.51. The average Bonchev–Trinajstić information content (AvgIpc) is 2.22. The Labute approximate surface area is 103 Å². The zero-order chi connectivity index (χ0) is 11.8. The number of nitrogens with one attached hydrogen (secondary N) is 1. The van der Waals surface area contributed by atoms with Crippen LogP contribution in [-0.4, -0.2) is 23.8 Å². The Morgan fingerprint density at radius 1 is 1.25 bits per heavy atom. The molecule has 1 aromatic rings. The molecule has 0 amide bonds. The van der Waals surface area contributed by atoms with Gasteiger partial charge in [0.1, 0.15) is 0 Å². The minimum atomic E-state index is 1.12. The first-order valence-corrected chi connectivity index (χ1v) is 6.99. The number of pyridine rings is 1. The Bertz CT molecular complexity index is 293. The Morgan fingerprint density at radius 2 is 2.06 bits per heavy atom. The first kappa shape index (κ1) is 13.5. The summed E-state index contributed by atoms with van der Waals surface area (Å²) in [6, 6.07) is 4.28. The van der Waals surface area contributed by atoms with Crippen molar-refractivity contribution in [2.45, 2.75) is 38.6 Å². The fourth-order valence-electron chi connectivity index (χ4n) is 1.55. The molecule has 0 bridgehead atoms. The smallest absolute Gasteiger partial charge is 0.0965 e. The van der Waals surface area contributed by atoms with Crippen LogP contribution in [0.5, 0.6) is 0 Å². The zero-order valence-electron chi connectivity index (χ0n) is 10.5. The van der Waals surface area contributed by atoms with Gasteiger partial charge in [0.25, 0.3) is 0 Å². The summed E-state index contributed by atoms with van der Waals surface area (Å²) in [5, 5.41) is 4.57. The summed E-state index contributed by atoms with van der Waals surface area (Å²) in [7, 11) is 0. The van der Waals surface area contributed by atoms with Gasteiger partial charge < -0.3 is 5.32 Å². The van der Waals surface area contributed by atoms with Gasteiger partial charge in [-0.2, -0.15) is 0 Å². The van der Waals surface area contributed by atoms with Crippen molar-refractivity contribution in [2.75, 3.05) is 18.8 Å². The fourth-order valence-corrected chi connectivity index (χ4v) is 2.53. The Morgan fingerprint density at radius 3 is 2.75 bits per heavy atom. The van der Waals surface area contributed by atoms with Crippen LogP contribution >= 0.6 is 11.8 Å². The Kier molecular flexibility index (Phi) is 6.50. The molecular weight excluding hydrogens is 216 g/mol. The van der Waals surface area contributed by atoms with Gasteiger partial charge in [-0.25, -0.2) is 4.98 Å². The molecule has 0 saturated heterocycles. The van der Waals surface area contributed by atoms with Gasteiger partial charge in [0, 0.05) is 11.4 Å². The summed E-state index contributed by atoms with van der Waals surface area (Å²) in [6.07, 6.45) is 2.42. The van der Waals surface area contributed by atoms with Crippen LogP contribution in [0.1, 0.15) is 31.0 Å². The number of hydrogen-bond acceptors (Lipinski definition) is 3. The Hall–Kier alpha value is -0.540. The van der Waals surface area contributed by atoms with Gasteiger partial charge in [0.05, 0.1) is 5.03 Å². The lowest BCUT2D eigenvalue weighted by atomic mass is 10.3. The Balaban J connectivity index is 2.21. The highest BCUT2D eigenvalue weighted by Crippen LogP contribution is 2.18. The standard InChI is InChI=1S/C13H22N2S/c1-4-6-14-7-5-8-16-13-10-11(2)9-12(3)15-13/h9-10,14H,4-8H2,1-3H3. The van der Waals surface area contributed by atoms with E-state index >= 15 is 0 Å². The minimum absolute atomic E-state index is 1.12. The fraction of sp³-hybridized carbons (Fsp3) is 0.615. The van der Waals surface area contributed by atoms with Gasteiger partial charge in [-0.1, -0.05) is 6.92 Å². The first-order valence-electron chi connectivity index (χ1n) is 6.01. The lowest BCUT2D eigenvalue weighted by Gasteiger charge is -2.04. The molecule has 1 rings (SSSR count). The number of aromatic nitrogens is 1. The van der Waals surface area contributed by atoms with Crippen molar-refractivity contribution in [1.29, 1.82) is 0 Å². The van der Waals surface area contributed by atoms with E-state index in [1.807, 2.05) is 11.8 Å². The van der Waals surface area contributed by atoms with Gasteiger partial charge in [-0.3, -0.25) is 0 Å². The number of thioether (sulfide) groups is 1. The SMILES string of the molecule is CCCNCCCSc1cc(C)cc(C)n1. The van der Waals surface area contributed by atoms with E-state index in [1.165, 1.54) is 18.4 Å². The van der Waals surface area contributed by atoms with Crippen molar-refractivity contribution >= 4 is 11.8 Å². The van der Waals surface area contributed by atoms with Crippen LogP contribution < -0.4 is 5.32 Å². The van der Waals surface area contributed by atoms with Crippen molar-refractivity contribution < 1.29 is 0 Å². The van der Waals surface area contributed by atoms with Gasteiger partial charge in [-0.05, 0) is 57.5 Å². The molecule has 2 nitrogen and oxygen atoms in total. The van der Waals surface area contributed by atoms with Crippen LogP contribution in [0.15, 0.2) is 17.2 Å². The lowest BCUT2D eigenvalue weighted by Crippen LogP contribution is -2.16. The number of rotatable bonds is 7. The number of hydrogen-bond donors (Lipinski definition) is 1. The number of nitrogens with zero attached hydrogens (tertiary/aromatic N) is 1. The van der Waals surface area contributed by atoms with Gasteiger partial charge >= 0.3 is 0 Å². The van der Waals surface area contributed by atoms with Crippen LogP contribution in [0.2, 0.25) is 0 Å².